The van der Waals surface area contributed by atoms with Gasteiger partial charge in [-0.3, -0.25) is 4.79 Å². The number of aryl methyl sites for hydroxylation is 1. The van der Waals surface area contributed by atoms with Gasteiger partial charge in [-0.15, -0.1) is 11.3 Å². The molecule has 0 aliphatic carbocycles. The average molecular weight is 418 g/mol. The van der Waals surface area contributed by atoms with Crippen molar-refractivity contribution in [3.05, 3.63) is 76.2 Å². The van der Waals surface area contributed by atoms with Gasteiger partial charge in [0.2, 0.25) is 5.91 Å². The van der Waals surface area contributed by atoms with E-state index in [4.69, 9.17) is 16.7 Å². The highest BCUT2D eigenvalue weighted by Gasteiger charge is 2.08. The molecule has 0 unspecified atom stereocenters. The number of benzene rings is 2. The molecule has 152 valence electrons. The Kier molecular flexibility index (Phi) is 4.49. The summed E-state index contributed by atoms with van der Waals surface area (Å²) in [6.45, 7) is 1.41. The summed E-state index contributed by atoms with van der Waals surface area (Å²) in [5.74, 6) is -0.372. The van der Waals surface area contributed by atoms with E-state index in [1.165, 1.54) is 6.92 Å². The molecule has 3 aromatic rings. The number of nitrogens with two attached hydrogens (primary N) is 1. The summed E-state index contributed by atoms with van der Waals surface area (Å²) >= 11 is 0.988. The zero-order valence-electron chi connectivity index (χ0n) is 23.9. The lowest BCUT2D eigenvalue weighted by Gasteiger charge is -2.11. The topological polar surface area (TPSA) is 88.2 Å². The Bertz CT molecular complexity index is 1280. The fourth-order valence-electron chi connectivity index (χ4n) is 2.57. The number of amides is 1. The molecule has 2 aromatic carbocycles. The van der Waals surface area contributed by atoms with Gasteiger partial charge in [0.05, 0.1) is 26.4 Å². The Labute approximate surface area is 186 Å². The van der Waals surface area contributed by atoms with Crippen molar-refractivity contribution in [2.45, 2.75) is 45.1 Å². The van der Waals surface area contributed by atoms with E-state index in [-0.39, 0.29) is 53.3 Å². The zero-order valence-corrected chi connectivity index (χ0v) is 16.7. The van der Waals surface area contributed by atoms with Crippen molar-refractivity contribution in [3.8, 4) is 0 Å². The molecule has 3 rings (SSSR count). The number of aliphatic hydroxyl groups is 1. The second-order valence-corrected chi connectivity index (χ2v) is 7.22. The van der Waals surface area contributed by atoms with Crippen LogP contribution >= 0.6 is 11.3 Å². The van der Waals surface area contributed by atoms with Gasteiger partial charge < -0.3 is 16.2 Å². The number of nitrogen functional groups attached to an aromatic ring is 1. The summed E-state index contributed by atoms with van der Waals surface area (Å²) in [4.78, 5) is 16.2. The monoisotopic (exact) mass is 417 g/mol. The summed E-state index contributed by atoms with van der Waals surface area (Å²) in [5.41, 5.74) is 6.61. The van der Waals surface area contributed by atoms with Crippen LogP contribution in [0.15, 0.2) is 53.8 Å². The highest BCUT2D eigenvalue weighted by molar-refractivity contribution is 7.13. The van der Waals surface area contributed by atoms with E-state index in [0.717, 1.165) is 11.3 Å². The van der Waals surface area contributed by atoms with Gasteiger partial charge >= 0.3 is 0 Å². The van der Waals surface area contributed by atoms with E-state index in [1.54, 1.807) is 24.3 Å². The number of thiazole rings is 1. The van der Waals surface area contributed by atoms with Gasteiger partial charge in [0.15, 0.2) is 5.13 Å². The molecule has 0 bridgehead atoms. The van der Waals surface area contributed by atoms with Crippen LogP contribution in [0.4, 0.5) is 10.8 Å². The van der Waals surface area contributed by atoms with Gasteiger partial charge in [0.1, 0.15) is 0 Å². The number of nitrogens with one attached hydrogen (secondary N) is 1. The van der Waals surface area contributed by atoms with E-state index in [1.807, 2.05) is 0 Å². The maximum atomic E-state index is 12.2. The van der Waals surface area contributed by atoms with Crippen LogP contribution in [-0.2, 0) is 17.6 Å². The molecule has 0 aliphatic heterocycles. The normalized spacial score (nSPS) is 17.4. The summed E-state index contributed by atoms with van der Waals surface area (Å²) in [6.07, 6.45) is -5.13. The van der Waals surface area contributed by atoms with Crippen LogP contribution in [0, 0.1) is 6.92 Å². The first kappa shape index (κ1) is 12.8. The van der Waals surface area contributed by atoms with Gasteiger partial charge in [-0.2, -0.15) is 0 Å². The second kappa shape index (κ2) is 10.2. The molecule has 1 atom stereocenters. The molecule has 0 radical (unpaired) electrons. The summed E-state index contributed by atoms with van der Waals surface area (Å²) in [6, 6.07) is 4.78. The summed E-state index contributed by atoms with van der Waals surface area (Å²) in [7, 11) is 0. The molecule has 6 heteroatoms. The Balaban J connectivity index is 1.63. The van der Waals surface area contributed by atoms with Gasteiger partial charge in [-0.25, -0.2) is 4.98 Å². The SMILES string of the molecule is [2H]c1sc(N)nc1CC(=O)Nc1ccc(CC([2H])([2H])CC[C@]([2H])(O)c2c([2H])c([2H])c([2H])c(C)c2[2H])cc1. The maximum absolute atomic E-state index is 12.2. The van der Waals surface area contributed by atoms with Crippen LogP contribution in [0.1, 0.15) is 58.6 Å². The van der Waals surface area contributed by atoms with Crippen LogP contribution < -0.4 is 11.1 Å². The molecule has 0 spiro atoms. The second-order valence-electron chi connectivity index (χ2n) is 6.40. The molecular formula is C23H27N3O2S. The van der Waals surface area contributed by atoms with Gasteiger partial charge in [0.25, 0.3) is 0 Å². The van der Waals surface area contributed by atoms with Crippen LogP contribution in [0.3, 0.4) is 0 Å². The number of hydrogen-bond donors (Lipinski definition) is 3. The van der Waals surface area contributed by atoms with E-state index in [9.17, 15) is 9.90 Å². The van der Waals surface area contributed by atoms with Crippen molar-refractivity contribution in [1.29, 1.82) is 0 Å². The lowest BCUT2D eigenvalue weighted by molar-refractivity contribution is -0.115. The lowest BCUT2D eigenvalue weighted by Crippen LogP contribution is -2.14. The quantitative estimate of drug-likeness (QED) is 0.472. The van der Waals surface area contributed by atoms with Crippen molar-refractivity contribution in [1.82, 2.24) is 4.98 Å². The number of aromatic nitrogens is 1. The summed E-state index contributed by atoms with van der Waals surface area (Å²) < 4.78 is 64.6. The molecule has 1 aromatic heterocycles. The first-order valence-electron chi connectivity index (χ1n) is 13.0. The number of nitrogens with zero attached hydrogens (tertiary/aromatic N) is 1. The number of carbonyl (C=O) groups is 1. The highest BCUT2D eigenvalue weighted by atomic mass is 32.1. The molecule has 5 nitrogen and oxygen atoms in total. The van der Waals surface area contributed by atoms with Crippen molar-refractivity contribution >= 4 is 28.1 Å². The number of anilines is 2. The van der Waals surface area contributed by atoms with Crippen molar-refractivity contribution < 1.29 is 20.9 Å². The molecule has 0 aliphatic rings. The number of rotatable bonds is 9. The third-order valence-electron chi connectivity index (χ3n) is 3.99. The van der Waals surface area contributed by atoms with Gasteiger partial charge in [-0.05, 0) is 49.4 Å². The Hall–Kier alpha value is -2.70. The predicted octanol–water partition coefficient (Wildman–Crippen LogP) is 4.66. The molecule has 1 heterocycles. The van der Waals surface area contributed by atoms with Crippen LogP contribution in [0.5, 0.6) is 0 Å². The molecule has 0 saturated carbocycles. The molecule has 29 heavy (non-hydrogen) atoms. The fourth-order valence-corrected chi connectivity index (χ4v) is 3.07. The largest absolute Gasteiger partial charge is 0.388 e. The maximum Gasteiger partial charge on any atom is 0.230 e. The van der Waals surface area contributed by atoms with Crippen LogP contribution in [0.2, 0.25) is 0 Å². The fraction of sp³-hybridized carbons (Fsp3) is 0.304. The number of hydrogen-bond acceptors (Lipinski definition) is 5. The summed E-state index contributed by atoms with van der Waals surface area (Å²) in [5, 5.41) is 13.8. The first-order valence-corrected chi connectivity index (χ1v) is 9.83. The van der Waals surface area contributed by atoms with Gasteiger partial charge in [-0.1, -0.05) is 48.3 Å². The molecule has 1 amide bonds. The van der Waals surface area contributed by atoms with Crippen LogP contribution in [-0.4, -0.2) is 16.0 Å². The molecule has 4 N–H and O–H groups in total. The van der Waals surface area contributed by atoms with Crippen LogP contribution in [0.25, 0.3) is 0 Å². The first-order chi connectivity index (χ1) is 17.1. The smallest absolute Gasteiger partial charge is 0.230 e. The average Bonchev–Trinajstić information content (AvgIpc) is 3.12. The van der Waals surface area contributed by atoms with E-state index < -0.39 is 36.5 Å². The predicted molar refractivity (Wildman–Crippen MR) is 119 cm³/mol. The third-order valence-corrected chi connectivity index (χ3v) is 4.63. The minimum Gasteiger partial charge on any atom is -0.388 e. The molecule has 0 saturated heterocycles. The minimum absolute atomic E-state index is 0.0482. The van der Waals surface area contributed by atoms with E-state index in [0.29, 0.717) is 16.9 Å². The van der Waals surface area contributed by atoms with E-state index in [2.05, 4.69) is 10.3 Å². The third kappa shape index (κ3) is 6.69. The number of carbonyl (C=O) groups excluding carboxylic acids is 1. The molecule has 0 fully saturated rings. The van der Waals surface area contributed by atoms with Crippen molar-refractivity contribution in [2.75, 3.05) is 11.1 Å². The van der Waals surface area contributed by atoms with Crippen molar-refractivity contribution in [3.63, 3.8) is 0 Å². The highest BCUT2D eigenvalue weighted by Crippen LogP contribution is 2.21. The molecular weight excluding hydrogens is 382 g/mol. The zero-order chi connectivity index (χ0) is 27.7. The standard InChI is InChI=1S/C23H27N3O2S/c1-16-5-4-7-18(13-16)21(27)8-3-2-6-17-9-11-19(12-10-17)25-22(28)14-20-15-29-23(24)26-20/h4-5,7,9-13,15,21,27H,2-3,6,8,14H2,1H3,(H2,24,26)(H,25,28)/t21-/m0/s1/i2D2,4D,5D,7D,13D,15D,21D. The Morgan fingerprint density at radius 2 is 2.21 bits per heavy atom. The Morgan fingerprint density at radius 1 is 1.41 bits per heavy atom. The van der Waals surface area contributed by atoms with Crippen molar-refractivity contribution in [2.24, 2.45) is 0 Å². The lowest BCUT2D eigenvalue weighted by atomic mass is 10.00. The Morgan fingerprint density at radius 3 is 2.93 bits per heavy atom. The minimum atomic E-state index is -2.47. The van der Waals surface area contributed by atoms with Gasteiger partial charge in [0, 0.05) is 13.8 Å². The van der Waals surface area contributed by atoms with E-state index >= 15 is 0 Å².